The van der Waals surface area contributed by atoms with E-state index in [2.05, 4.69) is 32.9 Å². The Balaban J connectivity index is 1.75. The van der Waals surface area contributed by atoms with Crippen LogP contribution < -0.4 is 0 Å². The zero-order chi connectivity index (χ0) is 18.0. The molecule has 0 aromatic heterocycles. The van der Waals surface area contributed by atoms with Crippen molar-refractivity contribution in [2.75, 3.05) is 6.61 Å². The van der Waals surface area contributed by atoms with Crippen LogP contribution in [0.3, 0.4) is 0 Å². The van der Waals surface area contributed by atoms with Crippen LogP contribution in [0.5, 0.6) is 0 Å². The molecule has 5 unspecified atom stereocenters. The van der Waals surface area contributed by atoms with Crippen molar-refractivity contribution in [3.8, 4) is 0 Å². The van der Waals surface area contributed by atoms with Crippen LogP contribution in [0.25, 0.3) is 0 Å². The molecule has 0 spiro atoms. The van der Waals surface area contributed by atoms with Gasteiger partial charge < -0.3 is 5.11 Å². The van der Waals surface area contributed by atoms with Gasteiger partial charge in [-0.2, -0.15) is 0 Å². The Kier molecular flexibility index (Phi) is 3.74. The van der Waals surface area contributed by atoms with E-state index < -0.39 is 0 Å². The SMILES string of the molecule is C[C@H]1CC2C3CCC4=CC(=O)C=CC4(C)C3=CCC2(C)C1C(=O)CO. The van der Waals surface area contributed by atoms with Gasteiger partial charge in [-0.05, 0) is 67.9 Å². The number of aliphatic hydroxyl groups is 1. The van der Waals surface area contributed by atoms with Gasteiger partial charge in [-0.25, -0.2) is 0 Å². The van der Waals surface area contributed by atoms with Gasteiger partial charge in [-0.3, -0.25) is 9.59 Å². The average molecular weight is 340 g/mol. The molecule has 134 valence electrons. The fourth-order valence-electron chi connectivity index (χ4n) is 6.67. The summed E-state index contributed by atoms with van der Waals surface area (Å²) in [7, 11) is 0. The van der Waals surface area contributed by atoms with Crippen LogP contribution in [0, 0.1) is 34.5 Å². The van der Waals surface area contributed by atoms with Crippen molar-refractivity contribution in [1.82, 2.24) is 0 Å². The summed E-state index contributed by atoms with van der Waals surface area (Å²) in [4.78, 5) is 24.2. The van der Waals surface area contributed by atoms with Crippen LogP contribution in [0.15, 0.2) is 35.5 Å². The van der Waals surface area contributed by atoms with E-state index in [1.54, 1.807) is 6.08 Å². The molecule has 4 aliphatic carbocycles. The number of aliphatic hydroxyl groups excluding tert-OH is 1. The minimum absolute atomic E-state index is 0.0140. The first-order chi connectivity index (χ1) is 11.8. The molecule has 3 heteroatoms. The Bertz CT molecular complexity index is 728. The van der Waals surface area contributed by atoms with Crippen molar-refractivity contribution in [1.29, 1.82) is 0 Å². The zero-order valence-corrected chi connectivity index (χ0v) is 15.4. The van der Waals surface area contributed by atoms with Crippen molar-refractivity contribution >= 4 is 11.6 Å². The van der Waals surface area contributed by atoms with E-state index in [1.165, 1.54) is 11.1 Å². The van der Waals surface area contributed by atoms with Crippen LogP contribution in [0.1, 0.15) is 46.5 Å². The molecular formula is C22H28O3. The highest BCUT2D eigenvalue weighted by atomic mass is 16.3. The number of Topliss-reactive ketones (excluding diaryl/α,β-unsaturated/α-hetero) is 1. The van der Waals surface area contributed by atoms with Crippen molar-refractivity contribution in [3.63, 3.8) is 0 Å². The molecule has 25 heavy (non-hydrogen) atoms. The van der Waals surface area contributed by atoms with Crippen molar-refractivity contribution < 1.29 is 14.7 Å². The van der Waals surface area contributed by atoms with Gasteiger partial charge in [0.15, 0.2) is 11.6 Å². The molecule has 0 aromatic carbocycles. The van der Waals surface area contributed by atoms with Gasteiger partial charge in [0, 0.05) is 11.3 Å². The molecule has 4 aliphatic rings. The fourth-order valence-corrected chi connectivity index (χ4v) is 6.67. The summed E-state index contributed by atoms with van der Waals surface area (Å²) in [5.74, 6) is 1.39. The Morgan fingerprint density at radius 3 is 2.84 bits per heavy atom. The highest BCUT2D eigenvalue weighted by Crippen LogP contribution is 2.65. The number of fused-ring (bicyclic) bond motifs is 5. The summed E-state index contributed by atoms with van der Waals surface area (Å²) in [6, 6.07) is 0. The number of allylic oxidation sites excluding steroid dienone is 6. The van der Waals surface area contributed by atoms with E-state index >= 15 is 0 Å². The molecule has 0 saturated heterocycles. The van der Waals surface area contributed by atoms with E-state index in [0.29, 0.717) is 17.8 Å². The number of hydrogen-bond acceptors (Lipinski definition) is 3. The molecular weight excluding hydrogens is 312 g/mol. The van der Waals surface area contributed by atoms with E-state index in [9.17, 15) is 14.7 Å². The Hall–Kier alpha value is -1.48. The minimum Gasteiger partial charge on any atom is -0.389 e. The van der Waals surface area contributed by atoms with E-state index in [1.807, 2.05) is 6.08 Å². The van der Waals surface area contributed by atoms with Gasteiger partial charge in [-0.1, -0.05) is 37.1 Å². The number of carbonyl (C=O) groups excluding carboxylic acids is 2. The first kappa shape index (κ1) is 17.0. The van der Waals surface area contributed by atoms with Gasteiger partial charge in [0.05, 0.1) is 0 Å². The van der Waals surface area contributed by atoms with Gasteiger partial charge in [0.1, 0.15) is 6.61 Å². The van der Waals surface area contributed by atoms with Gasteiger partial charge in [0.25, 0.3) is 0 Å². The van der Waals surface area contributed by atoms with Crippen molar-refractivity contribution in [3.05, 3.63) is 35.5 Å². The van der Waals surface area contributed by atoms with E-state index in [-0.39, 0.29) is 34.9 Å². The first-order valence-electron chi connectivity index (χ1n) is 9.59. The molecule has 0 aliphatic heterocycles. The Morgan fingerprint density at radius 2 is 2.12 bits per heavy atom. The topological polar surface area (TPSA) is 54.4 Å². The maximum absolute atomic E-state index is 12.4. The number of rotatable bonds is 2. The van der Waals surface area contributed by atoms with Crippen LogP contribution in [-0.4, -0.2) is 23.3 Å². The second kappa shape index (κ2) is 5.51. The number of ketones is 2. The van der Waals surface area contributed by atoms with Crippen molar-refractivity contribution in [2.24, 2.45) is 34.5 Å². The smallest absolute Gasteiger partial charge is 0.178 e. The molecule has 0 heterocycles. The highest BCUT2D eigenvalue weighted by molar-refractivity contribution is 6.01. The monoisotopic (exact) mass is 340 g/mol. The third-order valence-electron chi connectivity index (χ3n) is 7.79. The summed E-state index contributed by atoms with van der Waals surface area (Å²) < 4.78 is 0. The third-order valence-corrected chi connectivity index (χ3v) is 7.79. The van der Waals surface area contributed by atoms with Crippen LogP contribution in [0.2, 0.25) is 0 Å². The fraction of sp³-hybridized carbons (Fsp3) is 0.636. The van der Waals surface area contributed by atoms with E-state index in [4.69, 9.17) is 0 Å². The maximum atomic E-state index is 12.4. The summed E-state index contributed by atoms with van der Waals surface area (Å²) in [5.41, 5.74) is 2.54. The normalized spacial score (nSPS) is 45.2. The predicted octanol–water partition coefficient (Wildman–Crippen LogP) is 3.64. The second-order valence-electron chi connectivity index (χ2n) is 9.04. The highest BCUT2D eigenvalue weighted by Gasteiger charge is 2.59. The molecule has 1 N–H and O–H groups in total. The Morgan fingerprint density at radius 1 is 1.36 bits per heavy atom. The summed E-state index contributed by atoms with van der Waals surface area (Å²) in [5, 5.41) is 9.46. The lowest BCUT2D eigenvalue weighted by Gasteiger charge is -2.52. The lowest BCUT2D eigenvalue weighted by Crippen LogP contribution is -2.45. The molecule has 6 atom stereocenters. The van der Waals surface area contributed by atoms with Crippen LogP contribution in [-0.2, 0) is 9.59 Å². The lowest BCUT2D eigenvalue weighted by molar-refractivity contribution is -0.131. The molecule has 2 fully saturated rings. The first-order valence-corrected chi connectivity index (χ1v) is 9.59. The third kappa shape index (κ3) is 2.21. The molecule has 3 nitrogen and oxygen atoms in total. The summed E-state index contributed by atoms with van der Waals surface area (Å²) in [6.07, 6.45) is 12.0. The molecule has 0 radical (unpaired) electrons. The number of hydrogen-bond donors (Lipinski definition) is 1. The van der Waals surface area contributed by atoms with Crippen LogP contribution in [0.4, 0.5) is 0 Å². The summed E-state index contributed by atoms with van der Waals surface area (Å²) in [6.45, 7) is 6.35. The lowest BCUT2D eigenvalue weighted by atomic mass is 9.52. The molecule has 0 aromatic rings. The predicted molar refractivity (Wildman–Crippen MR) is 96.7 cm³/mol. The largest absolute Gasteiger partial charge is 0.389 e. The average Bonchev–Trinajstić information content (AvgIpc) is 2.85. The Labute approximate surface area is 149 Å². The second-order valence-corrected chi connectivity index (χ2v) is 9.04. The van der Waals surface area contributed by atoms with Crippen molar-refractivity contribution in [2.45, 2.75) is 46.5 Å². The van der Waals surface area contributed by atoms with Crippen LogP contribution >= 0.6 is 0 Å². The van der Waals surface area contributed by atoms with Gasteiger partial charge in [-0.15, -0.1) is 0 Å². The summed E-state index contributed by atoms with van der Waals surface area (Å²) >= 11 is 0. The zero-order valence-electron chi connectivity index (χ0n) is 15.4. The minimum atomic E-state index is -0.339. The number of carbonyl (C=O) groups is 2. The van der Waals surface area contributed by atoms with E-state index in [0.717, 1.165) is 25.7 Å². The standard InChI is InChI=1S/C22H28O3/c1-13-10-18-16-5-4-14-11-15(24)6-8-21(14,2)17(16)7-9-22(18,3)20(13)19(25)12-23/h6-8,11,13,16,18,20,23H,4-5,9-10,12H2,1-3H3/t13-,16?,18?,20?,21?,22?/m0/s1. The quantitative estimate of drug-likeness (QED) is 0.781. The molecule has 0 bridgehead atoms. The maximum Gasteiger partial charge on any atom is 0.178 e. The molecule has 2 saturated carbocycles. The molecule has 4 rings (SSSR count). The molecule has 0 amide bonds. The van der Waals surface area contributed by atoms with Gasteiger partial charge in [0.2, 0.25) is 0 Å². The van der Waals surface area contributed by atoms with Gasteiger partial charge >= 0.3 is 0 Å².